The number of hydrogen-bond acceptors (Lipinski definition) is 4. The van der Waals surface area contributed by atoms with Gasteiger partial charge in [-0.3, -0.25) is 14.9 Å². The summed E-state index contributed by atoms with van der Waals surface area (Å²) >= 11 is 7.39. The molecule has 0 bridgehead atoms. The lowest BCUT2D eigenvalue weighted by molar-refractivity contribution is -0.384. The van der Waals surface area contributed by atoms with E-state index in [4.69, 9.17) is 11.6 Å². The van der Waals surface area contributed by atoms with Crippen LogP contribution in [0.15, 0.2) is 47.4 Å². The van der Waals surface area contributed by atoms with Gasteiger partial charge < -0.3 is 5.32 Å². The van der Waals surface area contributed by atoms with E-state index in [0.29, 0.717) is 28.4 Å². The number of carbonyl (C=O) groups excluding carboxylic acids is 1. The van der Waals surface area contributed by atoms with E-state index in [-0.39, 0.29) is 11.6 Å². The smallest absolute Gasteiger partial charge is 0.269 e. The standard InChI is InChI=1S/C16H15ClN2O3S/c1-11-10-13(19(21)22)4-7-15(11)18-16(20)8-9-23-14-5-2-12(17)3-6-14/h2-7,10H,8-9H2,1H3,(H,18,20). The zero-order chi connectivity index (χ0) is 16.8. The lowest BCUT2D eigenvalue weighted by Gasteiger charge is -2.08. The second-order valence-electron chi connectivity index (χ2n) is 4.86. The Balaban J connectivity index is 1.85. The second-order valence-corrected chi connectivity index (χ2v) is 6.46. The van der Waals surface area contributed by atoms with E-state index in [1.807, 2.05) is 24.3 Å². The number of nitrogens with one attached hydrogen (secondary N) is 1. The van der Waals surface area contributed by atoms with E-state index in [1.54, 1.807) is 24.8 Å². The highest BCUT2D eigenvalue weighted by molar-refractivity contribution is 7.99. The van der Waals surface area contributed by atoms with Gasteiger partial charge in [-0.25, -0.2) is 0 Å². The number of benzene rings is 2. The largest absolute Gasteiger partial charge is 0.326 e. The Morgan fingerprint density at radius 1 is 1.26 bits per heavy atom. The van der Waals surface area contributed by atoms with Crippen LogP contribution in [0, 0.1) is 17.0 Å². The highest BCUT2D eigenvalue weighted by Crippen LogP contribution is 2.23. The number of amides is 1. The third kappa shape index (κ3) is 5.26. The molecular weight excluding hydrogens is 336 g/mol. The molecule has 0 saturated heterocycles. The van der Waals surface area contributed by atoms with Gasteiger partial charge in [0.25, 0.3) is 5.69 Å². The molecule has 1 N–H and O–H groups in total. The Morgan fingerprint density at radius 3 is 2.57 bits per heavy atom. The number of hydrogen-bond donors (Lipinski definition) is 1. The highest BCUT2D eigenvalue weighted by atomic mass is 35.5. The summed E-state index contributed by atoms with van der Waals surface area (Å²) in [5, 5.41) is 14.1. The maximum atomic E-state index is 11.9. The third-order valence-electron chi connectivity index (χ3n) is 3.11. The van der Waals surface area contributed by atoms with Crippen molar-refractivity contribution in [2.75, 3.05) is 11.1 Å². The monoisotopic (exact) mass is 350 g/mol. The van der Waals surface area contributed by atoms with E-state index in [0.717, 1.165) is 4.90 Å². The summed E-state index contributed by atoms with van der Waals surface area (Å²) in [7, 11) is 0. The minimum atomic E-state index is -0.457. The molecule has 0 spiro atoms. The quantitative estimate of drug-likeness (QED) is 0.466. The van der Waals surface area contributed by atoms with Gasteiger partial charge in [0.2, 0.25) is 5.91 Å². The van der Waals surface area contributed by atoms with Crippen LogP contribution in [0.4, 0.5) is 11.4 Å². The van der Waals surface area contributed by atoms with Gasteiger partial charge in [0.1, 0.15) is 0 Å². The van der Waals surface area contributed by atoms with E-state index in [2.05, 4.69) is 5.32 Å². The average Bonchev–Trinajstić information content (AvgIpc) is 2.51. The first kappa shape index (κ1) is 17.3. The normalized spacial score (nSPS) is 10.3. The number of nitro benzene ring substituents is 1. The molecular formula is C16H15ClN2O3S. The molecule has 0 atom stereocenters. The summed E-state index contributed by atoms with van der Waals surface area (Å²) in [6.45, 7) is 1.73. The van der Waals surface area contributed by atoms with Crippen LogP contribution in [0.2, 0.25) is 5.02 Å². The van der Waals surface area contributed by atoms with Crippen LogP contribution in [-0.2, 0) is 4.79 Å². The fourth-order valence-electron chi connectivity index (χ4n) is 1.91. The summed E-state index contributed by atoms with van der Waals surface area (Å²) in [6.07, 6.45) is 0.351. The van der Waals surface area contributed by atoms with Crippen molar-refractivity contribution in [3.63, 3.8) is 0 Å². The lowest BCUT2D eigenvalue weighted by Crippen LogP contribution is -2.13. The van der Waals surface area contributed by atoms with E-state index < -0.39 is 4.92 Å². The number of aryl methyl sites for hydroxylation is 1. The molecule has 7 heteroatoms. The average molecular weight is 351 g/mol. The van der Waals surface area contributed by atoms with Crippen molar-refractivity contribution in [3.8, 4) is 0 Å². The van der Waals surface area contributed by atoms with Crippen LogP contribution < -0.4 is 5.32 Å². The SMILES string of the molecule is Cc1cc([N+](=O)[O-])ccc1NC(=O)CCSc1ccc(Cl)cc1. The first-order valence-electron chi connectivity index (χ1n) is 6.89. The zero-order valence-corrected chi connectivity index (χ0v) is 14.0. The lowest BCUT2D eigenvalue weighted by atomic mass is 10.2. The molecule has 0 aliphatic rings. The molecule has 0 fully saturated rings. The number of rotatable bonds is 6. The number of nitrogens with zero attached hydrogens (tertiary/aromatic N) is 1. The fraction of sp³-hybridized carbons (Fsp3) is 0.188. The minimum absolute atomic E-state index is 0.0128. The molecule has 2 aromatic rings. The Labute approximate surface area is 143 Å². The van der Waals surface area contributed by atoms with Crippen LogP contribution in [-0.4, -0.2) is 16.6 Å². The molecule has 0 unspecified atom stereocenters. The zero-order valence-electron chi connectivity index (χ0n) is 12.4. The Hall–Kier alpha value is -2.05. The van der Waals surface area contributed by atoms with Crippen LogP contribution in [0.25, 0.3) is 0 Å². The number of thioether (sulfide) groups is 1. The summed E-state index contributed by atoms with van der Waals surface area (Å²) in [6, 6.07) is 11.8. The highest BCUT2D eigenvalue weighted by Gasteiger charge is 2.10. The summed E-state index contributed by atoms with van der Waals surface area (Å²) < 4.78 is 0. The second kappa shape index (κ2) is 7.99. The Kier molecular flexibility index (Phi) is 6.01. The van der Waals surface area contributed by atoms with Crippen LogP contribution >= 0.6 is 23.4 Å². The molecule has 1 amide bonds. The maximum absolute atomic E-state index is 11.9. The van der Waals surface area contributed by atoms with Gasteiger partial charge in [-0.05, 0) is 42.8 Å². The van der Waals surface area contributed by atoms with Crippen LogP contribution in [0.1, 0.15) is 12.0 Å². The molecule has 0 aliphatic carbocycles. The van der Waals surface area contributed by atoms with Gasteiger partial charge in [0.15, 0.2) is 0 Å². The number of nitro groups is 1. The predicted molar refractivity (Wildman–Crippen MR) is 93.3 cm³/mol. The molecule has 0 saturated carbocycles. The molecule has 5 nitrogen and oxygen atoms in total. The van der Waals surface area contributed by atoms with E-state index in [1.165, 1.54) is 12.1 Å². The first-order valence-corrected chi connectivity index (χ1v) is 8.25. The number of halogens is 1. The maximum Gasteiger partial charge on any atom is 0.269 e. The first-order chi connectivity index (χ1) is 11.0. The number of non-ortho nitro benzene ring substituents is 1. The molecule has 120 valence electrons. The molecule has 0 radical (unpaired) electrons. The molecule has 0 aliphatic heterocycles. The van der Waals surface area contributed by atoms with Crippen molar-refractivity contribution in [1.29, 1.82) is 0 Å². The number of carbonyl (C=O) groups is 1. The minimum Gasteiger partial charge on any atom is -0.326 e. The van der Waals surface area contributed by atoms with Gasteiger partial charge in [-0.15, -0.1) is 11.8 Å². The Bertz CT molecular complexity index is 720. The van der Waals surface area contributed by atoms with Gasteiger partial charge in [-0.2, -0.15) is 0 Å². The van der Waals surface area contributed by atoms with Gasteiger partial charge >= 0.3 is 0 Å². The van der Waals surface area contributed by atoms with Crippen molar-refractivity contribution in [2.24, 2.45) is 0 Å². The predicted octanol–water partition coefficient (Wildman–Crippen LogP) is 4.68. The fourth-order valence-corrected chi connectivity index (χ4v) is 2.88. The van der Waals surface area contributed by atoms with Crippen LogP contribution in [0.3, 0.4) is 0 Å². The molecule has 0 aromatic heterocycles. The van der Waals surface area contributed by atoms with Crippen LogP contribution in [0.5, 0.6) is 0 Å². The molecule has 2 aromatic carbocycles. The summed E-state index contributed by atoms with van der Waals surface area (Å²) in [4.78, 5) is 23.2. The molecule has 2 rings (SSSR count). The van der Waals surface area contributed by atoms with Crippen molar-refractivity contribution in [1.82, 2.24) is 0 Å². The van der Waals surface area contributed by atoms with Crippen molar-refractivity contribution < 1.29 is 9.72 Å². The van der Waals surface area contributed by atoms with Gasteiger partial charge in [0, 0.05) is 39.9 Å². The summed E-state index contributed by atoms with van der Waals surface area (Å²) in [5.41, 5.74) is 1.27. The third-order valence-corrected chi connectivity index (χ3v) is 4.37. The van der Waals surface area contributed by atoms with E-state index >= 15 is 0 Å². The van der Waals surface area contributed by atoms with Gasteiger partial charge in [-0.1, -0.05) is 11.6 Å². The molecule has 0 heterocycles. The topological polar surface area (TPSA) is 72.2 Å². The Morgan fingerprint density at radius 2 is 1.96 bits per heavy atom. The number of anilines is 1. The van der Waals surface area contributed by atoms with Crippen molar-refractivity contribution in [2.45, 2.75) is 18.2 Å². The van der Waals surface area contributed by atoms with Gasteiger partial charge in [0.05, 0.1) is 4.92 Å². The summed E-state index contributed by atoms with van der Waals surface area (Å²) in [5.74, 6) is 0.517. The molecule has 23 heavy (non-hydrogen) atoms. The van der Waals surface area contributed by atoms with Crippen molar-refractivity contribution in [3.05, 3.63) is 63.2 Å². The van der Waals surface area contributed by atoms with E-state index in [9.17, 15) is 14.9 Å². The van der Waals surface area contributed by atoms with Crippen molar-refractivity contribution >= 4 is 40.6 Å².